The van der Waals surface area contributed by atoms with Gasteiger partial charge in [-0.1, -0.05) is 11.6 Å². The number of sulfonamides is 1. The quantitative estimate of drug-likeness (QED) is 0.755. The molecule has 2 atom stereocenters. The van der Waals surface area contributed by atoms with E-state index in [1.807, 2.05) is 11.8 Å². The number of aromatic nitrogens is 2. The molecule has 2 saturated heterocycles. The van der Waals surface area contributed by atoms with Gasteiger partial charge in [-0.15, -0.1) is 0 Å². The molecule has 134 valence electrons. The van der Waals surface area contributed by atoms with Crippen molar-refractivity contribution < 1.29 is 13.2 Å². The highest BCUT2D eigenvalue weighted by Crippen LogP contribution is 2.24. The molecule has 0 N–H and O–H groups in total. The van der Waals surface area contributed by atoms with Crippen LogP contribution in [0.3, 0.4) is 0 Å². The van der Waals surface area contributed by atoms with Crippen molar-refractivity contribution in [2.24, 2.45) is 0 Å². The lowest BCUT2D eigenvalue weighted by atomic mass is 10.2. The van der Waals surface area contributed by atoms with Gasteiger partial charge in [-0.25, -0.2) is 17.7 Å². The molecule has 2 fully saturated rings. The third kappa shape index (κ3) is 3.44. The molecule has 10 heteroatoms. The molecule has 1 aromatic rings. The highest BCUT2D eigenvalue weighted by molar-refractivity contribution is 7.88. The number of morpholine rings is 1. The molecule has 0 saturated carbocycles. The number of hydrogen-bond donors (Lipinski definition) is 0. The summed E-state index contributed by atoms with van der Waals surface area (Å²) in [7, 11) is -3.26. The molecule has 2 aliphatic rings. The van der Waals surface area contributed by atoms with Crippen LogP contribution in [0.5, 0.6) is 0 Å². The number of hydrogen-bond acceptors (Lipinski definition) is 6. The Balaban J connectivity index is 1.94. The van der Waals surface area contributed by atoms with E-state index < -0.39 is 10.0 Å². The van der Waals surface area contributed by atoms with Crippen LogP contribution >= 0.6 is 11.6 Å². The van der Waals surface area contributed by atoms with Gasteiger partial charge in [-0.3, -0.25) is 4.79 Å². The van der Waals surface area contributed by atoms with Gasteiger partial charge in [0.1, 0.15) is 5.15 Å². The first-order chi connectivity index (χ1) is 11.3. The van der Waals surface area contributed by atoms with Crippen LogP contribution in [0.1, 0.15) is 19.4 Å². The molecule has 2 aliphatic heterocycles. The zero-order chi connectivity index (χ0) is 17.5. The van der Waals surface area contributed by atoms with Crippen molar-refractivity contribution in [2.75, 3.05) is 44.0 Å². The summed E-state index contributed by atoms with van der Waals surface area (Å²) in [5, 5.41) is 0.223. The average Bonchev–Trinajstić information content (AvgIpc) is 3.00. The van der Waals surface area contributed by atoms with Crippen molar-refractivity contribution in [3.8, 4) is 0 Å². The highest BCUT2D eigenvalue weighted by Gasteiger charge is 2.32. The van der Waals surface area contributed by atoms with Crippen molar-refractivity contribution in [2.45, 2.75) is 25.4 Å². The van der Waals surface area contributed by atoms with Gasteiger partial charge < -0.3 is 14.2 Å². The van der Waals surface area contributed by atoms with Gasteiger partial charge in [0.05, 0.1) is 31.6 Å². The first-order valence-corrected chi connectivity index (χ1v) is 10.1. The summed E-state index contributed by atoms with van der Waals surface area (Å²) in [6, 6.07) is -0.204. The minimum Gasteiger partial charge on any atom is -0.377 e. The van der Waals surface area contributed by atoms with Crippen molar-refractivity contribution >= 4 is 27.4 Å². The first kappa shape index (κ1) is 17.7. The third-order valence-electron chi connectivity index (χ3n) is 4.51. The summed E-state index contributed by atoms with van der Waals surface area (Å²) in [4.78, 5) is 19.0. The minimum atomic E-state index is -3.26. The van der Waals surface area contributed by atoms with E-state index >= 15 is 0 Å². The molecule has 0 radical (unpaired) electrons. The predicted molar refractivity (Wildman–Crippen MR) is 91.2 cm³/mol. The van der Waals surface area contributed by atoms with E-state index in [1.54, 1.807) is 0 Å². The highest BCUT2D eigenvalue weighted by atomic mass is 35.5. The smallest absolute Gasteiger partial charge is 0.293 e. The maximum absolute atomic E-state index is 12.9. The predicted octanol–water partition coefficient (Wildman–Crippen LogP) is 0.328. The van der Waals surface area contributed by atoms with Crippen LogP contribution in [0.4, 0.5) is 5.82 Å². The second kappa shape index (κ2) is 6.62. The fourth-order valence-electron chi connectivity index (χ4n) is 3.21. The van der Waals surface area contributed by atoms with Gasteiger partial charge in [0.25, 0.3) is 5.56 Å². The van der Waals surface area contributed by atoms with E-state index in [0.29, 0.717) is 38.5 Å². The number of rotatable bonds is 3. The fraction of sp³-hybridized carbons (Fsp3) is 0.714. The largest absolute Gasteiger partial charge is 0.377 e. The van der Waals surface area contributed by atoms with Crippen molar-refractivity contribution in [3.05, 3.63) is 21.7 Å². The summed E-state index contributed by atoms with van der Waals surface area (Å²) in [6.45, 7) is 4.27. The molecule has 24 heavy (non-hydrogen) atoms. The maximum atomic E-state index is 12.9. The molecule has 0 aliphatic carbocycles. The summed E-state index contributed by atoms with van der Waals surface area (Å²) in [5.74, 6) is 0.302. The lowest BCUT2D eigenvalue weighted by Crippen LogP contribution is -2.47. The number of ether oxygens (including phenoxy) is 1. The Morgan fingerprint density at radius 1 is 1.38 bits per heavy atom. The summed E-state index contributed by atoms with van der Waals surface area (Å²) in [6.07, 6.45) is 3.25. The van der Waals surface area contributed by atoms with Gasteiger partial charge in [-0.2, -0.15) is 0 Å². The van der Waals surface area contributed by atoms with E-state index in [-0.39, 0.29) is 29.3 Å². The van der Waals surface area contributed by atoms with E-state index in [4.69, 9.17) is 16.3 Å². The first-order valence-electron chi connectivity index (χ1n) is 7.85. The Labute approximate surface area is 146 Å². The van der Waals surface area contributed by atoms with E-state index in [1.165, 1.54) is 21.3 Å². The molecular weight excluding hydrogens is 356 g/mol. The zero-order valence-electron chi connectivity index (χ0n) is 13.7. The van der Waals surface area contributed by atoms with Crippen LogP contribution in [0.15, 0.2) is 11.0 Å². The second-order valence-electron chi connectivity index (χ2n) is 6.28. The second-order valence-corrected chi connectivity index (χ2v) is 8.65. The molecule has 0 amide bonds. The van der Waals surface area contributed by atoms with Crippen LogP contribution in [0, 0.1) is 0 Å². The van der Waals surface area contributed by atoms with Crippen molar-refractivity contribution in [1.82, 2.24) is 13.9 Å². The zero-order valence-corrected chi connectivity index (χ0v) is 15.3. The average molecular weight is 377 g/mol. The molecule has 8 nitrogen and oxygen atoms in total. The van der Waals surface area contributed by atoms with Crippen molar-refractivity contribution in [1.29, 1.82) is 0 Å². The minimum absolute atomic E-state index is 0.0296. The van der Waals surface area contributed by atoms with Crippen LogP contribution in [-0.4, -0.2) is 67.4 Å². The normalized spacial score (nSPS) is 26.0. The molecule has 0 aromatic carbocycles. The maximum Gasteiger partial charge on any atom is 0.293 e. The molecule has 1 aromatic heterocycles. The molecule has 0 bridgehead atoms. The summed E-state index contributed by atoms with van der Waals surface area (Å²) >= 11 is 6.13. The van der Waals surface area contributed by atoms with Crippen molar-refractivity contribution in [3.63, 3.8) is 0 Å². The standard InChI is InChI=1S/C14H21ClN4O4S/c1-10-9-23-6-5-18(10)13-14(20)19(8-12(15)16-13)11-3-4-17(7-11)24(2,21)22/h8,10-11H,3-7,9H2,1-2H3/t10-,11-/m1/s1. The number of nitrogens with zero attached hydrogens (tertiary/aromatic N) is 4. The van der Waals surface area contributed by atoms with Crippen LogP contribution in [0.2, 0.25) is 5.15 Å². The monoisotopic (exact) mass is 376 g/mol. The van der Waals surface area contributed by atoms with Gasteiger partial charge in [0.15, 0.2) is 5.82 Å². The van der Waals surface area contributed by atoms with E-state index in [2.05, 4.69) is 4.98 Å². The van der Waals surface area contributed by atoms with E-state index in [9.17, 15) is 13.2 Å². The van der Waals surface area contributed by atoms with Crippen LogP contribution in [-0.2, 0) is 14.8 Å². The Hall–Kier alpha value is -1.16. The third-order valence-corrected chi connectivity index (χ3v) is 5.96. The summed E-state index contributed by atoms with van der Waals surface area (Å²) < 4.78 is 31.7. The molecule has 3 rings (SSSR count). The van der Waals surface area contributed by atoms with E-state index in [0.717, 1.165) is 0 Å². The lowest BCUT2D eigenvalue weighted by Gasteiger charge is -2.34. The van der Waals surface area contributed by atoms with Gasteiger partial charge >= 0.3 is 0 Å². The van der Waals surface area contributed by atoms with Gasteiger partial charge in [-0.05, 0) is 13.3 Å². The van der Waals surface area contributed by atoms with Gasteiger partial charge in [0.2, 0.25) is 10.0 Å². The Morgan fingerprint density at radius 2 is 2.12 bits per heavy atom. The van der Waals surface area contributed by atoms with Gasteiger partial charge in [0, 0.05) is 25.8 Å². The molecule has 0 unspecified atom stereocenters. The summed E-state index contributed by atoms with van der Waals surface area (Å²) in [5.41, 5.74) is -0.242. The SMILES string of the molecule is C[C@@H]1COCCN1c1nc(Cl)cn([C@@H]2CCN(S(C)(=O)=O)C2)c1=O. The lowest BCUT2D eigenvalue weighted by molar-refractivity contribution is 0.0983. The molecular formula is C14H21ClN4O4S. The van der Waals surface area contributed by atoms with Crippen LogP contribution < -0.4 is 10.5 Å². The fourth-order valence-corrected chi connectivity index (χ4v) is 4.27. The number of anilines is 1. The number of halogens is 1. The van der Waals surface area contributed by atoms with Crippen LogP contribution in [0.25, 0.3) is 0 Å². The molecule has 0 spiro atoms. The Bertz CT molecular complexity index is 781. The topological polar surface area (TPSA) is 84.7 Å². The molecule has 3 heterocycles. The Kier molecular flexibility index (Phi) is 4.87. The Morgan fingerprint density at radius 3 is 2.75 bits per heavy atom.